The molecule has 0 bridgehead atoms. The van der Waals surface area contributed by atoms with Gasteiger partial charge < -0.3 is 14.8 Å². The molecule has 1 heterocycles. The first-order valence-electron chi connectivity index (χ1n) is 7.97. The fourth-order valence-electron chi connectivity index (χ4n) is 2.75. The molecule has 140 valence electrons. The molecule has 2 rings (SSSR count). The molecule has 0 aliphatic heterocycles. The molecule has 0 spiro atoms. The summed E-state index contributed by atoms with van der Waals surface area (Å²) in [6.07, 6.45) is -3.56. The molecular formula is C16H20ClF3N2O3. The van der Waals surface area contributed by atoms with Gasteiger partial charge >= 0.3 is 6.18 Å². The van der Waals surface area contributed by atoms with Gasteiger partial charge in [0.05, 0.1) is 12.5 Å². The first-order chi connectivity index (χ1) is 11.8. The smallest absolute Gasteiger partial charge is 0.391 e. The number of rotatable bonds is 6. The normalized spacial score (nSPS) is 21.0. The number of carbonyl (C=O) groups is 1. The largest absolute Gasteiger partial charge is 0.475 e. The van der Waals surface area contributed by atoms with Gasteiger partial charge in [-0.15, -0.1) is 0 Å². The number of methoxy groups -OCH3 is 1. The van der Waals surface area contributed by atoms with E-state index in [1.807, 2.05) is 0 Å². The Kier molecular flexibility index (Phi) is 6.89. The lowest BCUT2D eigenvalue weighted by molar-refractivity contribution is -0.182. The van der Waals surface area contributed by atoms with Crippen molar-refractivity contribution >= 4 is 17.5 Å². The molecule has 0 atom stereocenters. The summed E-state index contributed by atoms with van der Waals surface area (Å²) in [6, 6.07) is 2.64. The second-order valence-electron chi connectivity index (χ2n) is 5.89. The van der Waals surface area contributed by atoms with E-state index in [0.29, 0.717) is 6.61 Å². The topological polar surface area (TPSA) is 60.5 Å². The zero-order valence-electron chi connectivity index (χ0n) is 13.7. The molecule has 0 saturated heterocycles. The summed E-state index contributed by atoms with van der Waals surface area (Å²) in [6.45, 7) is 0.511. The second-order valence-corrected chi connectivity index (χ2v) is 6.28. The average Bonchev–Trinajstić information content (AvgIpc) is 2.55. The van der Waals surface area contributed by atoms with Gasteiger partial charge in [0.2, 0.25) is 5.88 Å². The van der Waals surface area contributed by atoms with E-state index in [2.05, 4.69) is 10.3 Å². The molecule has 0 aromatic carbocycles. The summed E-state index contributed by atoms with van der Waals surface area (Å²) in [7, 11) is 1.51. The zero-order chi connectivity index (χ0) is 18.4. The average molecular weight is 381 g/mol. The molecular weight excluding hydrogens is 361 g/mol. The summed E-state index contributed by atoms with van der Waals surface area (Å²) >= 11 is 5.82. The van der Waals surface area contributed by atoms with Gasteiger partial charge in [-0.1, -0.05) is 11.6 Å². The van der Waals surface area contributed by atoms with Crippen molar-refractivity contribution in [2.45, 2.75) is 37.9 Å². The number of pyridine rings is 1. The Hall–Kier alpha value is -1.54. The van der Waals surface area contributed by atoms with Crippen LogP contribution in [0.5, 0.6) is 5.88 Å². The van der Waals surface area contributed by atoms with Gasteiger partial charge in [0.25, 0.3) is 5.91 Å². The zero-order valence-corrected chi connectivity index (χ0v) is 14.5. The highest BCUT2D eigenvalue weighted by Crippen LogP contribution is 2.37. The molecule has 1 N–H and O–H groups in total. The number of hydrogen-bond acceptors (Lipinski definition) is 4. The number of nitrogens with one attached hydrogen (secondary N) is 1. The first kappa shape index (κ1) is 19.8. The van der Waals surface area contributed by atoms with Gasteiger partial charge in [-0.3, -0.25) is 4.79 Å². The summed E-state index contributed by atoms with van der Waals surface area (Å²) in [5, 5.41) is 2.93. The number of halogens is 4. The van der Waals surface area contributed by atoms with Crippen LogP contribution in [0.2, 0.25) is 5.15 Å². The molecule has 0 radical (unpaired) electrons. The monoisotopic (exact) mass is 380 g/mol. The maximum Gasteiger partial charge on any atom is 0.391 e. The number of hydrogen-bond donors (Lipinski definition) is 1. The van der Waals surface area contributed by atoms with Crippen LogP contribution in [0.4, 0.5) is 13.2 Å². The summed E-state index contributed by atoms with van der Waals surface area (Å²) in [5.41, 5.74) is 0.193. The van der Waals surface area contributed by atoms with Crippen LogP contribution in [0, 0.1) is 5.92 Å². The van der Waals surface area contributed by atoms with Gasteiger partial charge in [0.1, 0.15) is 17.3 Å². The fraction of sp³-hybridized carbons (Fsp3) is 0.625. The predicted octanol–water partition coefficient (Wildman–Crippen LogP) is 3.61. The second kappa shape index (κ2) is 8.71. The number of nitrogens with zero attached hydrogens (tertiary/aromatic N) is 1. The number of carbonyl (C=O) groups excluding carboxylic acids is 1. The summed E-state index contributed by atoms with van der Waals surface area (Å²) < 4.78 is 48.4. The van der Waals surface area contributed by atoms with Crippen molar-refractivity contribution in [3.8, 4) is 5.88 Å². The third-order valence-corrected chi connectivity index (χ3v) is 4.33. The minimum absolute atomic E-state index is 0.0184. The van der Waals surface area contributed by atoms with Crippen molar-refractivity contribution in [1.29, 1.82) is 0 Å². The molecule has 1 saturated carbocycles. The number of alkyl halides is 3. The highest BCUT2D eigenvalue weighted by Gasteiger charge is 2.41. The summed E-state index contributed by atoms with van der Waals surface area (Å²) in [5.74, 6) is -1.65. The standard InChI is InChI=1S/C16H20ClF3N2O3/c1-24-8-9-25-15-12(6-7-13(17)22-15)14(23)21-11-4-2-10(3-5-11)16(18,19)20/h6-7,10-11H,2-5,8-9H2,1H3,(H,21,23). The fourth-order valence-corrected chi connectivity index (χ4v) is 2.89. The van der Waals surface area contributed by atoms with E-state index in [-0.39, 0.29) is 54.9 Å². The highest BCUT2D eigenvalue weighted by molar-refractivity contribution is 6.29. The number of ether oxygens (including phenoxy) is 2. The summed E-state index contributed by atoms with van der Waals surface area (Å²) in [4.78, 5) is 16.4. The lowest BCUT2D eigenvalue weighted by Gasteiger charge is -2.30. The van der Waals surface area contributed by atoms with Crippen molar-refractivity contribution < 1.29 is 27.4 Å². The third-order valence-electron chi connectivity index (χ3n) is 4.12. The Morgan fingerprint density at radius 1 is 1.28 bits per heavy atom. The van der Waals surface area contributed by atoms with Gasteiger partial charge in [-0.2, -0.15) is 13.2 Å². The van der Waals surface area contributed by atoms with Crippen LogP contribution in [0.1, 0.15) is 36.0 Å². The lowest BCUT2D eigenvalue weighted by atomic mass is 9.85. The van der Waals surface area contributed by atoms with Crippen LogP contribution in [-0.4, -0.2) is 43.4 Å². The van der Waals surface area contributed by atoms with Crippen molar-refractivity contribution in [3.63, 3.8) is 0 Å². The van der Waals surface area contributed by atoms with E-state index in [9.17, 15) is 18.0 Å². The Morgan fingerprint density at radius 2 is 1.96 bits per heavy atom. The lowest BCUT2D eigenvalue weighted by Crippen LogP contribution is -2.40. The Balaban J connectivity index is 1.97. The van der Waals surface area contributed by atoms with Crippen LogP contribution in [-0.2, 0) is 4.74 Å². The molecule has 1 fully saturated rings. The minimum atomic E-state index is -4.17. The van der Waals surface area contributed by atoms with E-state index in [1.165, 1.54) is 19.2 Å². The highest BCUT2D eigenvalue weighted by atomic mass is 35.5. The molecule has 25 heavy (non-hydrogen) atoms. The number of amides is 1. The maximum absolute atomic E-state index is 12.7. The van der Waals surface area contributed by atoms with E-state index in [0.717, 1.165) is 0 Å². The predicted molar refractivity (Wildman–Crippen MR) is 85.9 cm³/mol. The molecule has 1 aromatic rings. The van der Waals surface area contributed by atoms with Gasteiger partial charge in [0.15, 0.2) is 0 Å². The van der Waals surface area contributed by atoms with Crippen LogP contribution < -0.4 is 10.1 Å². The van der Waals surface area contributed by atoms with Crippen LogP contribution in [0.25, 0.3) is 0 Å². The first-order valence-corrected chi connectivity index (χ1v) is 8.35. The number of aromatic nitrogens is 1. The minimum Gasteiger partial charge on any atom is -0.475 e. The molecule has 1 aliphatic carbocycles. The van der Waals surface area contributed by atoms with Crippen molar-refractivity contribution in [2.24, 2.45) is 5.92 Å². The molecule has 9 heteroatoms. The quantitative estimate of drug-likeness (QED) is 0.605. The Bertz CT molecular complexity index is 590. The van der Waals surface area contributed by atoms with Gasteiger partial charge in [-0.25, -0.2) is 4.98 Å². The van der Waals surface area contributed by atoms with Crippen LogP contribution in [0.3, 0.4) is 0 Å². The van der Waals surface area contributed by atoms with E-state index in [1.54, 1.807) is 0 Å². The van der Waals surface area contributed by atoms with E-state index in [4.69, 9.17) is 21.1 Å². The van der Waals surface area contributed by atoms with Crippen molar-refractivity contribution in [1.82, 2.24) is 10.3 Å². The molecule has 1 amide bonds. The van der Waals surface area contributed by atoms with Crippen LogP contribution in [0.15, 0.2) is 12.1 Å². The Morgan fingerprint density at radius 3 is 2.56 bits per heavy atom. The Labute approximate surface area is 148 Å². The van der Waals surface area contributed by atoms with E-state index >= 15 is 0 Å². The van der Waals surface area contributed by atoms with Crippen molar-refractivity contribution in [3.05, 3.63) is 22.8 Å². The van der Waals surface area contributed by atoms with Crippen molar-refractivity contribution in [2.75, 3.05) is 20.3 Å². The molecule has 5 nitrogen and oxygen atoms in total. The third kappa shape index (κ3) is 5.74. The molecule has 1 aromatic heterocycles. The van der Waals surface area contributed by atoms with Gasteiger partial charge in [-0.05, 0) is 37.8 Å². The van der Waals surface area contributed by atoms with Gasteiger partial charge in [0, 0.05) is 13.2 Å². The molecule has 0 unspecified atom stereocenters. The SMILES string of the molecule is COCCOc1nc(Cl)ccc1C(=O)NC1CCC(C(F)(F)F)CC1. The van der Waals surface area contributed by atoms with Crippen LogP contribution >= 0.6 is 11.6 Å². The molecule has 1 aliphatic rings. The van der Waals surface area contributed by atoms with E-state index < -0.39 is 18.0 Å². The maximum atomic E-state index is 12.7.